The van der Waals surface area contributed by atoms with E-state index in [1.165, 1.54) is 15.7 Å². The van der Waals surface area contributed by atoms with Crippen LogP contribution in [0.1, 0.15) is 6.92 Å². The molecule has 1 amide bonds. The molecule has 9 nitrogen and oxygen atoms in total. The fourth-order valence-corrected chi connectivity index (χ4v) is 3.39. The quantitative estimate of drug-likeness (QED) is 0.642. The van der Waals surface area contributed by atoms with Crippen LogP contribution >= 0.6 is 11.3 Å². The lowest BCUT2D eigenvalue weighted by Crippen LogP contribution is -2.49. The number of carbonyl (C=O) groups excluding carboxylic acids is 1. The molecule has 0 aromatic carbocycles. The number of rotatable bonds is 5. The van der Waals surface area contributed by atoms with Gasteiger partial charge in [-0.3, -0.25) is 9.69 Å². The maximum Gasteiger partial charge on any atom is 0.372 e. The number of fused-ring (bicyclic) bond motifs is 1. The second-order valence-corrected chi connectivity index (χ2v) is 6.24. The Balaban J connectivity index is 1.55. The van der Waals surface area contributed by atoms with E-state index in [1.807, 2.05) is 4.90 Å². The monoisotopic (exact) mass is 338 g/mol. The van der Waals surface area contributed by atoms with Gasteiger partial charge < -0.3 is 20.3 Å². The van der Waals surface area contributed by atoms with Gasteiger partial charge in [-0.15, -0.1) is 0 Å². The van der Waals surface area contributed by atoms with Crippen LogP contribution in [0.3, 0.4) is 0 Å². The lowest BCUT2D eigenvalue weighted by atomic mass is 10.3. The normalized spacial score (nSPS) is 16.0. The maximum atomic E-state index is 11.3. The SMILES string of the molecule is CC(=O)N1CCN(CCNc2nc3sccn3c2[N+](=O)[O-])CC1. The van der Waals surface area contributed by atoms with Crippen molar-refractivity contribution in [3.05, 3.63) is 21.7 Å². The van der Waals surface area contributed by atoms with Crippen molar-refractivity contribution in [2.45, 2.75) is 6.92 Å². The van der Waals surface area contributed by atoms with Gasteiger partial charge in [-0.05, 0) is 4.92 Å². The van der Waals surface area contributed by atoms with Gasteiger partial charge in [-0.1, -0.05) is 11.3 Å². The third-order valence-electron chi connectivity index (χ3n) is 3.95. The molecule has 0 bridgehead atoms. The average Bonchev–Trinajstić information content (AvgIpc) is 3.07. The van der Waals surface area contributed by atoms with Gasteiger partial charge in [0, 0.05) is 51.6 Å². The Labute approximate surface area is 136 Å². The summed E-state index contributed by atoms with van der Waals surface area (Å²) in [6, 6.07) is 0. The van der Waals surface area contributed by atoms with E-state index in [9.17, 15) is 14.9 Å². The zero-order chi connectivity index (χ0) is 16.4. The van der Waals surface area contributed by atoms with Crippen molar-refractivity contribution < 1.29 is 9.72 Å². The van der Waals surface area contributed by atoms with E-state index >= 15 is 0 Å². The molecule has 0 unspecified atom stereocenters. The molecule has 0 spiro atoms. The lowest BCUT2D eigenvalue weighted by Gasteiger charge is -2.34. The second-order valence-electron chi connectivity index (χ2n) is 5.37. The molecule has 1 aliphatic rings. The van der Waals surface area contributed by atoms with Crippen molar-refractivity contribution in [1.29, 1.82) is 0 Å². The Bertz CT molecular complexity index is 718. The highest BCUT2D eigenvalue weighted by atomic mass is 32.1. The molecule has 3 heterocycles. The van der Waals surface area contributed by atoms with Gasteiger partial charge in [-0.25, -0.2) is 0 Å². The predicted molar refractivity (Wildman–Crippen MR) is 86.9 cm³/mol. The first-order valence-corrected chi connectivity index (χ1v) is 8.26. The van der Waals surface area contributed by atoms with Gasteiger partial charge in [0.25, 0.3) is 4.96 Å². The molecular formula is C13H18N6O3S. The predicted octanol–water partition coefficient (Wildman–Crippen LogP) is 0.880. The number of nitro groups is 1. The van der Waals surface area contributed by atoms with Gasteiger partial charge >= 0.3 is 5.82 Å². The van der Waals surface area contributed by atoms with Crippen LogP contribution < -0.4 is 5.32 Å². The van der Waals surface area contributed by atoms with Crippen LogP contribution in [0.15, 0.2) is 11.6 Å². The Morgan fingerprint density at radius 3 is 2.83 bits per heavy atom. The number of hydrogen-bond donors (Lipinski definition) is 1. The van der Waals surface area contributed by atoms with E-state index in [2.05, 4.69) is 15.2 Å². The largest absolute Gasteiger partial charge is 0.372 e. The summed E-state index contributed by atoms with van der Waals surface area (Å²) in [6.45, 7) is 6.02. The number of anilines is 1. The van der Waals surface area contributed by atoms with Crippen molar-refractivity contribution in [1.82, 2.24) is 19.2 Å². The Morgan fingerprint density at radius 2 is 2.17 bits per heavy atom. The minimum absolute atomic E-state index is 0.0253. The van der Waals surface area contributed by atoms with Gasteiger partial charge in [0.1, 0.15) is 6.20 Å². The van der Waals surface area contributed by atoms with Crippen molar-refractivity contribution >= 4 is 33.8 Å². The number of nitrogens with zero attached hydrogens (tertiary/aromatic N) is 5. The smallest absolute Gasteiger partial charge is 0.362 e. The first kappa shape index (κ1) is 15.7. The highest BCUT2D eigenvalue weighted by molar-refractivity contribution is 7.15. The van der Waals surface area contributed by atoms with Crippen molar-refractivity contribution in [2.24, 2.45) is 0 Å². The molecule has 2 aromatic heterocycles. The molecule has 10 heteroatoms. The molecule has 1 N–H and O–H groups in total. The van der Waals surface area contributed by atoms with E-state index in [0.717, 1.165) is 32.7 Å². The molecular weight excluding hydrogens is 320 g/mol. The number of thiazole rings is 1. The minimum atomic E-state index is -0.416. The molecule has 1 fully saturated rings. The Morgan fingerprint density at radius 1 is 1.43 bits per heavy atom. The number of carbonyl (C=O) groups is 1. The summed E-state index contributed by atoms with van der Waals surface area (Å²) < 4.78 is 1.48. The molecule has 0 saturated carbocycles. The van der Waals surface area contributed by atoms with Crippen molar-refractivity contribution in [3.8, 4) is 0 Å². The molecule has 1 aliphatic heterocycles. The second kappa shape index (κ2) is 6.50. The minimum Gasteiger partial charge on any atom is -0.362 e. The Hall–Kier alpha value is -2.20. The number of hydrogen-bond acceptors (Lipinski definition) is 7. The number of piperazine rings is 1. The number of imidazole rings is 1. The first-order chi connectivity index (χ1) is 11.1. The summed E-state index contributed by atoms with van der Waals surface area (Å²) in [6.07, 6.45) is 1.65. The molecule has 0 radical (unpaired) electrons. The fraction of sp³-hybridized carbons (Fsp3) is 0.538. The highest BCUT2D eigenvalue weighted by Crippen LogP contribution is 2.27. The molecule has 0 aliphatic carbocycles. The maximum absolute atomic E-state index is 11.3. The van der Waals surface area contributed by atoms with Crippen LogP contribution in [-0.2, 0) is 4.79 Å². The van der Waals surface area contributed by atoms with Crippen molar-refractivity contribution in [2.75, 3.05) is 44.6 Å². The molecule has 23 heavy (non-hydrogen) atoms. The lowest BCUT2D eigenvalue weighted by molar-refractivity contribution is -0.389. The summed E-state index contributed by atoms with van der Waals surface area (Å²) in [4.78, 5) is 31.0. The number of aromatic nitrogens is 2. The van der Waals surface area contributed by atoms with Gasteiger partial charge in [0.05, 0.1) is 0 Å². The zero-order valence-corrected chi connectivity index (χ0v) is 13.6. The van der Waals surface area contributed by atoms with Crippen molar-refractivity contribution in [3.63, 3.8) is 0 Å². The van der Waals surface area contributed by atoms with E-state index in [4.69, 9.17) is 0 Å². The Kier molecular flexibility index (Phi) is 4.44. The van der Waals surface area contributed by atoms with Gasteiger partial charge in [0.2, 0.25) is 11.7 Å². The van der Waals surface area contributed by atoms with Crippen LogP contribution in [0.25, 0.3) is 4.96 Å². The summed E-state index contributed by atoms with van der Waals surface area (Å²) in [7, 11) is 0. The molecule has 2 aromatic rings. The first-order valence-electron chi connectivity index (χ1n) is 7.38. The number of nitrogens with one attached hydrogen (secondary N) is 1. The fourth-order valence-electron chi connectivity index (χ4n) is 2.69. The summed E-state index contributed by atoms with van der Waals surface area (Å²) in [5, 5.41) is 16.1. The van der Waals surface area contributed by atoms with E-state index in [1.54, 1.807) is 18.5 Å². The molecule has 3 rings (SSSR count). The summed E-state index contributed by atoms with van der Waals surface area (Å²) in [5.41, 5.74) is 0. The van der Waals surface area contributed by atoms with Crippen LogP contribution in [0.2, 0.25) is 0 Å². The standard InChI is InChI=1S/C13H18N6O3S/c1-10(20)17-6-4-16(5-7-17)3-2-14-11-12(19(21)22)18-8-9-23-13(18)15-11/h8-9,14H,2-7H2,1H3. The highest BCUT2D eigenvalue weighted by Gasteiger charge is 2.24. The van der Waals surface area contributed by atoms with Crippen LogP contribution in [0.5, 0.6) is 0 Å². The van der Waals surface area contributed by atoms with Gasteiger partial charge in [0.15, 0.2) is 0 Å². The van der Waals surface area contributed by atoms with Crippen LogP contribution in [0, 0.1) is 10.1 Å². The van der Waals surface area contributed by atoms with E-state index in [-0.39, 0.29) is 11.7 Å². The number of amides is 1. The molecule has 1 saturated heterocycles. The van der Waals surface area contributed by atoms with Crippen LogP contribution in [0.4, 0.5) is 11.6 Å². The van der Waals surface area contributed by atoms with Gasteiger partial charge in [-0.2, -0.15) is 9.38 Å². The summed E-state index contributed by atoms with van der Waals surface area (Å²) in [5.74, 6) is 0.392. The zero-order valence-electron chi connectivity index (χ0n) is 12.8. The van der Waals surface area contributed by atoms with Crippen LogP contribution in [-0.4, -0.2) is 69.3 Å². The molecule has 124 valence electrons. The third kappa shape index (κ3) is 3.27. The average molecular weight is 338 g/mol. The topological polar surface area (TPSA) is 96.0 Å². The van der Waals surface area contributed by atoms with E-state index in [0.29, 0.717) is 17.3 Å². The summed E-state index contributed by atoms with van der Waals surface area (Å²) >= 11 is 1.36. The van der Waals surface area contributed by atoms with E-state index < -0.39 is 4.92 Å². The third-order valence-corrected chi connectivity index (χ3v) is 4.70. The molecule has 0 atom stereocenters.